The lowest BCUT2D eigenvalue weighted by Crippen LogP contribution is -2.43. The van der Waals surface area contributed by atoms with Gasteiger partial charge in [0.2, 0.25) is 12.5 Å². The van der Waals surface area contributed by atoms with E-state index in [-0.39, 0.29) is 19.0 Å². The van der Waals surface area contributed by atoms with Gasteiger partial charge in [0.15, 0.2) is 23.0 Å². The van der Waals surface area contributed by atoms with Gasteiger partial charge >= 0.3 is 5.97 Å². The summed E-state index contributed by atoms with van der Waals surface area (Å²) < 4.78 is 48.0. The van der Waals surface area contributed by atoms with Gasteiger partial charge in [0.1, 0.15) is 5.82 Å². The highest BCUT2D eigenvalue weighted by Gasteiger charge is 2.53. The molecule has 2 aliphatic heterocycles. The lowest BCUT2D eigenvalue weighted by atomic mass is 9.65. The number of hydrogen-bond donors (Lipinski definition) is 1. The number of rotatable bonds is 6. The Hall–Kier alpha value is -4.47. The van der Waals surface area contributed by atoms with Crippen molar-refractivity contribution in [3.8, 4) is 28.7 Å². The predicted molar refractivity (Wildman–Crippen MR) is 135 cm³/mol. The van der Waals surface area contributed by atoms with Gasteiger partial charge in [-0.15, -0.1) is 0 Å². The zero-order valence-corrected chi connectivity index (χ0v) is 21.5. The number of fused-ring (bicyclic) bond motifs is 3. The van der Waals surface area contributed by atoms with Gasteiger partial charge in [-0.05, 0) is 53.1 Å². The number of esters is 1. The van der Waals surface area contributed by atoms with Crippen molar-refractivity contribution < 1.29 is 42.4 Å². The molecule has 0 saturated carbocycles. The van der Waals surface area contributed by atoms with Gasteiger partial charge in [-0.25, -0.2) is 4.39 Å². The molecule has 2 heterocycles. The summed E-state index contributed by atoms with van der Waals surface area (Å²) >= 11 is 0. The summed E-state index contributed by atoms with van der Waals surface area (Å²) in [7, 11) is 4.56. The quantitative estimate of drug-likeness (QED) is 0.473. The molecule has 6 rings (SSSR count). The minimum Gasteiger partial charge on any atom is -0.493 e. The molecule has 0 aromatic heterocycles. The molecule has 0 spiro atoms. The average Bonchev–Trinajstić information content (AvgIpc) is 3.57. The van der Waals surface area contributed by atoms with Gasteiger partial charge in [-0.3, -0.25) is 9.59 Å². The Bertz CT molecular complexity index is 1450. The van der Waals surface area contributed by atoms with E-state index in [2.05, 4.69) is 5.32 Å². The monoisotopic (exact) mass is 535 g/mol. The number of nitrogens with one attached hydrogen (secondary N) is 1. The summed E-state index contributed by atoms with van der Waals surface area (Å²) in [5.74, 6) is -0.881. The van der Waals surface area contributed by atoms with Gasteiger partial charge in [0.05, 0.1) is 45.5 Å². The molecule has 3 aliphatic rings. The highest BCUT2D eigenvalue weighted by atomic mass is 19.1. The van der Waals surface area contributed by atoms with E-state index in [9.17, 15) is 14.0 Å². The maximum atomic E-state index is 14.5. The van der Waals surface area contributed by atoms with Gasteiger partial charge in [-0.2, -0.15) is 0 Å². The molecule has 39 heavy (non-hydrogen) atoms. The van der Waals surface area contributed by atoms with Crippen LogP contribution in [0.5, 0.6) is 28.7 Å². The van der Waals surface area contributed by atoms with E-state index in [1.54, 1.807) is 18.2 Å². The van der Waals surface area contributed by atoms with Crippen molar-refractivity contribution in [1.29, 1.82) is 0 Å². The number of cyclic esters (lactones) is 1. The number of benzene rings is 3. The van der Waals surface area contributed by atoms with Crippen molar-refractivity contribution in [3.05, 3.63) is 76.6 Å². The molecule has 4 atom stereocenters. The van der Waals surface area contributed by atoms with Gasteiger partial charge in [0, 0.05) is 11.8 Å². The first-order valence-electron chi connectivity index (χ1n) is 12.4. The van der Waals surface area contributed by atoms with Gasteiger partial charge < -0.3 is 33.7 Å². The molecule has 1 fully saturated rings. The Morgan fingerprint density at radius 1 is 0.923 bits per heavy atom. The Labute approximate surface area is 223 Å². The molecule has 202 valence electrons. The number of amides is 1. The third kappa shape index (κ3) is 3.98. The number of methoxy groups -OCH3 is 3. The fourth-order valence-electron chi connectivity index (χ4n) is 5.89. The Morgan fingerprint density at radius 2 is 1.59 bits per heavy atom. The summed E-state index contributed by atoms with van der Waals surface area (Å²) in [4.78, 5) is 26.5. The Morgan fingerprint density at radius 3 is 2.23 bits per heavy atom. The van der Waals surface area contributed by atoms with Crippen molar-refractivity contribution in [2.45, 2.75) is 12.0 Å². The van der Waals surface area contributed by atoms with Crippen molar-refractivity contribution in [1.82, 2.24) is 5.32 Å². The normalized spacial score (nSPS) is 22.4. The SMILES string of the molecule is COc1cc([C@@H]2c3cc4c(cc3[C@@H](NC(=O)c3ccccc3F)[C@H]3COC(=O)[C@H]23)OCO4)cc(OC)c1OC. The maximum Gasteiger partial charge on any atom is 0.310 e. The molecule has 1 N–H and O–H groups in total. The van der Waals surface area contributed by atoms with Gasteiger partial charge in [0.25, 0.3) is 5.91 Å². The van der Waals surface area contributed by atoms with Crippen LogP contribution in [0.15, 0.2) is 48.5 Å². The van der Waals surface area contributed by atoms with Crippen LogP contribution in [0.2, 0.25) is 0 Å². The first-order chi connectivity index (χ1) is 18.9. The third-order valence-electron chi connectivity index (χ3n) is 7.64. The smallest absolute Gasteiger partial charge is 0.310 e. The highest BCUT2D eigenvalue weighted by molar-refractivity contribution is 5.95. The molecule has 1 aliphatic carbocycles. The fraction of sp³-hybridized carbons (Fsp3) is 0.310. The predicted octanol–water partition coefficient (Wildman–Crippen LogP) is 3.99. The molecule has 1 saturated heterocycles. The molecule has 1 amide bonds. The number of carbonyl (C=O) groups is 2. The number of ether oxygens (including phenoxy) is 6. The summed E-state index contributed by atoms with van der Waals surface area (Å²) in [5.41, 5.74) is 2.11. The first-order valence-corrected chi connectivity index (χ1v) is 12.4. The summed E-state index contributed by atoms with van der Waals surface area (Å²) in [6, 6.07) is 12.4. The largest absolute Gasteiger partial charge is 0.493 e. The number of hydrogen-bond acceptors (Lipinski definition) is 8. The second-order valence-corrected chi connectivity index (χ2v) is 9.52. The van der Waals surface area contributed by atoms with Crippen LogP contribution < -0.4 is 29.0 Å². The number of carbonyl (C=O) groups excluding carboxylic acids is 2. The standard InChI is InChI=1S/C29H26FNO8/c1-34-22-8-14(9-23(35-2)27(22)36-3)24-16-10-20-21(39-13-38-20)11-17(16)26(18-12-37-29(33)25(18)24)31-28(32)15-6-4-5-7-19(15)30/h4-11,18,24-26H,12-13H2,1-3H3,(H,31,32)/t18-,24+,25-,26+/m0/s1. The van der Waals surface area contributed by atoms with E-state index < -0.39 is 41.5 Å². The third-order valence-corrected chi connectivity index (χ3v) is 7.64. The van der Waals surface area contributed by atoms with E-state index in [0.29, 0.717) is 28.7 Å². The molecular formula is C29H26FNO8. The first kappa shape index (κ1) is 24.8. The van der Waals surface area contributed by atoms with Crippen LogP contribution in [-0.4, -0.2) is 46.6 Å². The number of halogens is 1. The zero-order chi connectivity index (χ0) is 27.3. The summed E-state index contributed by atoms with van der Waals surface area (Å²) in [6.45, 7) is 0.134. The minimum absolute atomic E-state index is 0.0498. The zero-order valence-electron chi connectivity index (χ0n) is 21.5. The van der Waals surface area contributed by atoms with Crippen molar-refractivity contribution in [3.63, 3.8) is 0 Å². The molecule has 0 bridgehead atoms. The Kier molecular flexibility index (Phi) is 6.17. The van der Waals surface area contributed by atoms with E-state index in [0.717, 1.165) is 16.7 Å². The van der Waals surface area contributed by atoms with Crippen molar-refractivity contribution >= 4 is 11.9 Å². The van der Waals surface area contributed by atoms with Crippen LogP contribution in [0, 0.1) is 17.7 Å². The lowest BCUT2D eigenvalue weighted by molar-refractivity contribution is -0.141. The molecular weight excluding hydrogens is 509 g/mol. The molecule has 10 heteroatoms. The highest BCUT2D eigenvalue weighted by Crippen LogP contribution is 2.55. The summed E-state index contributed by atoms with van der Waals surface area (Å²) in [6.07, 6.45) is 0. The minimum atomic E-state index is -0.661. The van der Waals surface area contributed by atoms with Crippen LogP contribution in [0.3, 0.4) is 0 Å². The van der Waals surface area contributed by atoms with Crippen LogP contribution in [0.4, 0.5) is 4.39 Å². The fourth-order valence-corrected chi connectivity index (χ4v) is 5.89. The topological polar surface area (TPSA) is 102 Å². The summed E-state index contributed by atoms with van der Waals surface area (Å²) in [5, 5.41) is 2.97. The Balaban J connectivity index is 1.53. The van der Waals surface area contributed by atoms with E-state index in [1.807, 2.05) is 12.1 Å². The van der Waals surface area contributed by atoms with E-state index in [1.165, 1.54) is 39.5 Å². The van der Waals surface area contributed by atoms with Gasteiger partial charge in [-0.1, -0.05) is 12.1 Å². The second-order valence-electron chi connectivity index (χ2n) is 9.52. The van der Waals surface area contributed by atoms with Crippen LogP contribution in [-0.2, 0) is 9.53 Å². The molecule has 0 unspecified atom stereocenters. The average molecular weight is 536 g/mol. The van der Waals surface area contributed by atoms with Crippen molar-refractivity contribution in [2.24, 2.45) is 11.8 Å². The molecule has 3 aromatic carbocycles. The van der Waals surface area contributed by atoms with Crippen LogP contribution in [0.25, 0.3) is 0 Å². The van der Waals surface area contributed by atoms with Crippen LogP contribution >= 0.6 is 0 Å². The maximum absolute atomic E-state index is 14.5. The van der Waals surface area contributed by atoms with E-state index in [4.69, 9.17) is 28.4 Å². The lowest BCUT2D eigenvalue weighted by Gasteiger charge is -2.39. The van der Waals surface area contributed by atoms with Crippen molar-refractivity contribution in [2.75, 3.05) is 34.7 Å². The molecule has 9 nitrogen and oxygen atoms in total. The van der Waals surface area contributed by atoms with E-state index >= 15 is 0 Å². The molecule has 0 radical (unpaired) electrons. The van der Waals surface area contributed by atoms with Crippen LogP contribution in [0.1, 0.15) is 39.0 Å². The molecule has 3 aromatic rings. The second kappa shape index (κ2) is 9.68.